The summed E-state index contributed by atoms with van der Waals surface area (Å²) < 4.78 is 22.8. The molecule has 22 heavy (non-hydrogen) atoms. The van der Waals surface area contributed by atoms with E-state index in [0.717, 1.165) is 43.5 Å². The monoisotopic (exact) mass is 323 g/mol. The lowest BCUT2D eigenvalue weighted by Gasteiger charge is -2.11. The van der Waals surface area contributed by atoms with Crippen LogP contribution in [0, 0.1) is 5.92 Å². The predicted octanol–water partition coefficient (Wildman–Crippen LogP) is 1.60. The summed E-state index contributed by atoms with van der Waals surface area (Å²) in [5.74, 6) is 1.64. The van der Waals surface area contributed by atoms with Crippen molar-refractivity contribution in [1.82, 2.24) is 10.6 Å². The fourth-order valence-electron chi connectivity index (χ4n) is 2.09. The van der Waals surface area contributed by atoms with Gasteiger partial charge >= 0.3 is 0 Å². The third-order valence-electron chi connectivity index (χ3n) is 3.61. The van der Waals surface area contributed by atoms with Gasteiger partial charge in [-0.15, -0.1) is 0 Å². The summed E-state index contributed by atoms with van der Waals surface area (Å²) in [4.78, 5) is 4.93. The van der Waals surface area contributed by atoms with Gasteiger partial charge in [-0.1, -0.05) is 12.1 Å². The van der Waals surface area contributed by atoms with Crippen LogP contribution in [0.15, 0.2) is 34.2 Å². The van der Waals surface area contributed by atoms with Crippen LogP contribution in [-0.2, 0) is 16.3 Å². The van der Waals surface area contributed by atoms with Crippen LogP contribution in [0.5, 0.6) is 0 Å². The Bertz CT molecular complexity index is 605. The van der Waals surface area contributed by atoms with Gasteiger partial charge in [0.1, 0.15) is 0 Å². The van der Waals surface area contributed by atoms with Crippen LogP contribution < -0.4 is 10.6 Å². The topological polar surface area (TPSA) is 70.6 Å². The van der Waals surface area contributed by atoms with Crippen LogP contribution in [-0.4, -0.2) is 40.3 Å². The Balaban J connectivity index is 1.82. The molecule has 0 amide bonds. The Hall–Kier alpha value is -1.56. The average Bonchev–Trinajstić information content (AvgIpc) is 3.28. The molecule has 122 valence electrons. The average molecular weight is 323 g/mol. The highest BCUT2D eigenvalue weighted by molar-refractivity contribution is 7.90. The fourth-order valence-corrected chi connectivity index (χ4v) is 2.72. The highest BCUT2D eigenvalue weighted by Gasteiger charge is 2.20. The maximum absolute atomic E-state index is 11.4. The van der Waals surface area contributed by atoms with Gasteiger partial charge in [0.25, 0.3) is 0 Å². The van der Waals surface area contributed by atoms with Gasteiger partial charge in [0, 0.05) is 25.9 Å². The molecule has 1 aliphatic carbocycles. The van der Waals surface area contributed by atoms with Gasteiger partial charge in [-0.25, -0.2) is 8.42 Å². The van der Waals surface area contributed by atoms with E-state index in [1.54, 1.807) is 12.1 Å². The summed E-state index contributed by atoms with van der Waals surface area (Å²) in [6, 6.07) is 7.06. The van der Waals surface area contributed by atoms with E-state index < -0.39 is 9.84 Å². The van der Waals surface area contributed by atoms with Crippen molar-refractivity contribution >= 4 is 15.8 Å². The highest BCUT2D eigenvalue weighted by Crippen LogP contribution is 2.28. The summed E-state index contributed by atoms with van der Waals surface area (Å²) in [6.07, 6.45) is 4.66. The van der Waals surface area contributed by atoms with Gasteiger partial charge in [-0.05, 0) is 49.8 Å². The molecule has 0 bridgehead atoms. The fraction of sp³-hybridized carbons (Fsp3) is 0.562. The van der Waals surface area contributed by atoms with Gasteiger partial charge in [-0.2, -0.15) is 0 Å². The van der Waals surface area contributed by atoms with E-state index in [0.29, 0.717) is 4.90 Å². The summed E-state index contributed by atoms with van der Waals surface area (Å²) in [6.45, 7) is 4.57. The lowest BCUT2D eigenvalue weighted by atomic mass is 10.1. The van der Waals surface area contributed by atoms with Gasteiger partial charge < -0.3 is 10.6 Å². The van der Waals surface area contributed by atoms with Crippen LogP contribution in [0.1, 0.15) is 25.3 Å². The number of hydrogen-bond acceptors (Lipinski definition) is 3. The minimum atomic E-state index is -3.12. The third kappa shape index (κ3) is 5.67. The second-order valence-corrected chi connectivity index (χ2v) is 7.77. The lowest BCUT2D eigenvalue weighted by Crippen LogP contribution is -2.38. The van der Waals surface area contributed by atoms with Crippen LogP contribution in [0.4, 0.5) is 0 Å². The largest absolute Gasteiger partial charge is 0.357 e. The molecule has 0 aromatic heterocycles. The standard InChI is InChI=1S/C16H25N3O2S/c1-3-17-16(19-12-14-4-5-14)18-11-10-13-6-8-15(9-7-13)22(2,20)21/h6-9,14H,3-5,10-12H2,1-2H3,(H2,17,18,19). The van der Waals surface area contributed by atoms with Gasteiger partial charge in [0.2, 0.25) is 0 Å². The molecule has 0 heterocycles. The number of guanidine groups is 1. The second kappa shape index (κ2) is 7.63. The molecule has 1 aromatic carbocycles. The predicted molar refractivity (Wildman–Crippen MR) is 90.0 cm³/mol. The van der Waals surface area contributed by atoms with Gasteiger partial charge in [-0.3, -0.25) is 4.99 Å². The first-order chi connectivity index (χ1) is 10.5. The molecule has 6 heteroatoms. The molecular weight excluding hydrogens is 298 g/mol. The van der Waals surface area contributed by atoms with Crippen LogP contribution in [0.3, 0.4) is 0 Å². The SMILES string of the molecule is CCNC(=NCC1CC1)NCCc1ccc(S(C)(=O)=O)cc1. The highest BCUT2D eigenvalue weighted by atomic mass is 32.2. The molecule has 2 rings (SSSR count). The minimum Gasteiger partial charge on any atom is -0.357 e. The van der Waals surface area contributed by atoms with Crippen molar-refractivity contribution in [2.24, 2.45) is 10.9 Å². The Morgan fingerprint density at radius 3 is 2.45 bits per heavy atom. The maximum atomic E-state index is 11.4. The van der Waals surface area contributed by atoms with Crippen molar-refractivity contribution in [3.05, 3.63) is 29.8 Å². The van der Waals surface area contributed by atoms with Crippen molar-refractivity contribution in [2.75, 3.05) is 25.9 Å². The molecule has 0 atom stereocenters. The van der Waals surface area contributed by atoms with E-state index in [2.05, 4.69) is 22.5 Å². The molecule has 1 saturated carbocycles. The van der Waals surface area contributed by atoms with Crippen molar-refractivity contribution in [3.63, 3.8) is 0 Å². The zero-order valence-corrected chi connectivity index (χ0v) is 14.1. The van der Waals surface area contributed by atoms with E-state index in [9.17, 15) is 8.42 Å². The first-order valence-corrected chi connectivity index (χ1v) is 9.69. The first-order valence-electron chi connectivity index (χ1n) is 7.80. The van der Waals surface area contributed by atoms with Crippen LogP contribution in [0.2, 0.25) is 0 Å². The molecule has 1 aliphatic rings. The normalized spacial score (nSPS) is 15.6. The summed E-state index contributed by atoms with van der Waals surface area (Å²) >= 11 is 0. The Morgan fingerprint density at radius 1 is 1.23 bits per heavy atom. The molecule has 0 radical (unpaired) electrons. The number of nitrogens with zero attached hydrogens (tertiary/aromatic N) is 1. The van der Waals surface area contributed by atoms with Crippen LogP contribution in [0.25, 0.3) is 0 Å². The molecule has 1 fully saturated rings. The minimum absolute atomic E-state index is 0.364. The number of benzene rings is 1. The molecule has 0 aliphatic heterocycles. The van der Waals surface area contributed by atoms with Crippen molar-refractivity contribution in [3.8, 4) is 0 Å². The number of hydrogen-bond donors (Lipinski definition) is 2. The molecule has 2 N–H and O–H groups in total. The molecular formula is C16H25N3O2S. The molecule has 0 spiro atoms. The zero-order valence-electron chi connectivity index (χ0n) is 13.3. The van der Waals surface area contributed by atoms with Crippen molar-refractivity contribution in [2.45, 2.75) is 31.1 Å². The lowest BCUT2D eigenvalue weighted by molar-refractivity contribution is 0.602. The van der Waals surface area contributed by atoms with Crippen molar-refractivity contribution < 1.29 is 8.42 Å². The third-order valence-corrected chi connectivity index (χ3v) is 4.73. The van der Waals surface area contributed by atoms with E-state index in [-0.39, 0.29) is 0 Å². The number of rotatable bonds is 7. The van der Waals surface area contributed by atoms with Crippen LogP contribution >= 0.6 is 0 Å². The van der Waals surface area contributed by atoms with Gasteiger partial charge in [0.05, 0.1) is 4.90 Å². The molecule has 0 saturated heterocycles. The maximum Gasteiger partial charge on any atom is 0.191 e. The Labute approximate surface area is 133 Å². The van der Waals surface area contributed by atoms with Crippen molar-refractivity contribution in [1.29, 1.82) is 0 Å². The second-order valence-electron chi connectivity index (χ2n) is 5.76. The summed E-state index contributed by atoms with van der Waals surface area (Å²) in [5, 5.41) is 6.56. The summed E-state index contributed by atoms with van der Waals surface area (Å²) in [7, 11) is -3.12. The quantitative estimate of drug-likeness (QED) is 0.591. The zero-order chi connectivity index (χ0) is 16.0. The molecule has 0 unspecified atom stereocenters. The van der Waals surface area contributed by atoms with E-state index in [4.69, 9.17) is 0 Å². The molecule has 1 aromatic rings. The van der Waals surface area contributed by atoms with E-state index in [1.165, 1.54) is 19.1 Å². The Kier molecular flexibility index (Phi) is 5.83. The first kappa shape index (κ1) is 16.8. The Morgan fingerprint density at radius 2 is 1.91 bits per heavy atom. The molecule has 5 nitrogen and oxygen atoms in total. The number of nitrogens with one attached hydrogen (secondary N) is 2. The van der Waals surface area contributed by atoms with E-state index in [1.807, 2.05) is 12.1 Å². The van der Waals surface area contributed by atoms with E-state index >= 15 is 0 Å². The number of aliphatic imine (C=N–C) groups is 1. The summed E-state index contributed by atoms with van der Waals surface area (Å²) in [5.41, 5.74) is 1.11. The number of sulfone groups is 1. The smallest absolute Gasteiger partial charge is 0.191 e. The van der Waals surface area contributed by atoms with Gasteiger partial charge in [0.15, 0.2) is 15.8 Å².